The van der Waals surface area contributed by atoms with Gasteiger partial charge in [-0.15, -0.1) is 0 Å². The van der Waals surface area contributed by atoms with Crippen molar-refractivity contribution in [2.24, 2.45) is 0 Å². The molecule has 2 aromatic heterocycles. The van der Waals surface area contributed by atoms with Gasteiger partial charge in [0.15, 0.2) is 11.5 Å². The van der Waals surface area contributed by atoms with E-state index in [1.54, 1.807) is 25.2 Å². The number of aromatic nitrogens is 4. The van der Waals surface area contributed by atoms with Crippen molar-refractivity contribution in [2.45, 2.75) is 24.9 Å². The van der Waals surface area contributed by atoms with E-state index in [4.69, 9.17) is 15.2 Å². The standard InChI is InChI=1S/C12H17N5O2S/c1-18-7-3-9(19-8(7)4-20-2)17-6-16-10-11(13)14-5-15-12(10)17/h5-9H,3-4H2,1-2H3,(H2,13,14,15)/t7?,8?,9-/m1/s1. The summed E-state index contributed by atoms with van der Waals surface area (Å²) in [5.74, 6) is 1.29. The van der Waals surface area contributed by atoms with Crippen LogP contribution in [0.4, 0.5) is 5.82 Å². The molecule has 0 spiro atoms. The fraction of sp³-hybridized carbons (Fsp3) is 0.583. The Morgan fingerprint density at radius 3 is 3.10 bits per heavy atom. The quantitative estimate of drug-likeness (QED) is 0.902. The highest BCUT2D eigenvalue weighted by molar-refractivity contribution is 7.98. The molecule has 1 fully saturated rings. The molecule has 3 heterocycles. The van der Waals surface area contributed by atoms with Gasteiger partial charge in [0, 0.05) is 19.3 Å². The first kappa shape index (κ1) is 13.6. The molecule has 3 rings (SSSR count). The van der Waals surface area contributed by atoms with Gasteiger partial charge in [-0.3, -0.25) is 4.57 Å². The van der Waals surface area contributed by atoms with Gasteiger partial charge in [-0.25, -0.2) is 15.0 Å². The molecule has 2 unspecified atom stereocenters. The molecular formula is C12H17N5O2S. The lowest BCUT2D eigenvalue weighted by Gasteiger charge is -2.15. The molecule has 0 saturated carbocycles. The summed E-state index contributed by atoms with van der Waals surface area (Å²) >= 11 is 1.75. The number of nitrogen functional groups attached to an aromatic ring is 1. The summed E-state index contributed by atoms with van der Waals surface area (Å²) in [6.45, 7) is 0. The first-order chi connectivity index (χ1) is 9.74. The van der Waals surface area contributed by atoms with Crippen LogP contribution < -0.4 is 5.73 Å². The zero-order chi connectivity index (χ0) is 14.1. The van der Waals surface area contributed by atoms with Crippen molar-refractivity contribution in [3.05, 3.63) is 12.7 Å². The predicted molar refractivity (Wildman–Crippen MR) is 77.4 cm³/mol. The fourth-order valence-corrected chi connectivity index (χ4v) is 3.14. The van der Waals surface area contributed by atoms with Crippen molar-refractivity contribution in [3.63, 3.8) is 0 Å². The Kier molecular flexibility index (Phi) is 3.77. The Hall–Kier alpha value is -1.38. The Morgan fingerprint density at radius 2 is 2.35 bits per heavy atom. The summed E-state index contributed by atoms with van der Waals surface area (Å²) in [6.07, 6.45) is 6.02. The van der Waals surface area contributed by atoms with Crippen LogP contribution in [0.5, 0.6) is 0 Å². The number of hydrogen-bond donors (Lipinski definition) is 1. The average Bonchev–Trinajstić information content (AvgIpc) is 3.03. The van der Waals surface area contributed by atoms with Crippen LogP contribution in [0.15, 0.2) is 12.7 Å². The van der Waals surface area contributed by atoms with Crippen LogP contribution in [0.1, 0.15) is 12.6 Å². The molecule has 108 valence electrons. The number of nitrogens with zero attached hydrogens (tertiary/aromatic N) is 4. The van der Waals surface area contributed by atoms with Gasteiger partial charge in [0.05, 0.1) is 18.5 Å². The minimum atomic E-state index is -0.128. The van der Waals surface area contributed by atoms with Gasteiger partial charge < -0.3 is 15.2 Å². The van der Waals surface area contributed by atoms with Crippen molar-refractivity contribution in [1.82, 2.24) is 19.5 Å². The van der Waals surface area contributed by atoms with Crippen LogP contribution in [0.3, 0.4) is 0 Å². The third-order valence-corrected chi connectivity index (χ3v) is 4.17. The molecule has 2 N–H and O–H groups in total. The van der Waals surface area contributed by atoms with Crippen LogP contribution in [0.25, 0.3) is 11.2 Å². The number of anilines is 1. The summed E-state index contributed by atoms with van der Waals surface area (Å²) in [6, 6.07) is 0. The summed E-state index contributed by atoms with van der Waals surface area (Å²) in [4.78, 5) is 12.5. The van der Waals surface area contributed by atoms with Crippen LogP contribution in [-0.4, -0.2) is 50.8 Å². The van der Waals surface area contributed by atoms with Gasteiger partial charge in [0.2, 0.25) is 0 Å². The lowest BCUT2D eigenvalue weighted by atomic mass is 10.2. The molecule has 3 atom stereocenters. The molecule has 2 aromatic rings. The van der Waals surface area contributed by atoms with E-state index in [-0.39, 0.29) is 18.4 Å². The van der Waals surface area contributed by atoms with E-state index in [2.05, 4.69) is 21.2 Å². The Balaban J connectivity index is 1.90. The predicted octanol–water partition coefficient (Wildman–Crippen LogP) is 1.07. The maximum Gasteiger partial charge on any atom is 0.167 e. The summed E-state index contributed by atoms with van der Waals surface area (Å²) < 4.78 is 13.5. The van der Waals surface area contributed by atoms with Crippen molar-refractivity contribution >= 4 is 28.7 Å². The fourth-order valence-electron chi connectivity index (χ4n) is 2.51. The monoisotopic (exact) mass is 295 g/mol. The van der Waals surface area contributed by atoms with Crippen LogP contribution in [0.2, 0.25) is 0 Å². The van der Waals surface area contributed by atoms with Crippen molar-refractivity contribution < 1.29 is 9.47 Å². The van der Waals surface area contributed by atoms with Crippen LogP contribution in [0, 0.1) is 0 Å². The second-order valence-electron chi connectivity index (χ2n) is 4.68. The topological polar surface area (TPSA) is 88.1 Å². The van der Waals surface area contributed by atoms with Gasteiger partial charge in [-0.05, 0) is 6.26 Å². The lowest BCUT2D eigenvalue weighted by Crippen LogP contribution is -2.25. The highest BCUT2D eigenvalue weighted by Crippen LogP contribution is 2.33. The summed E-state index contributed by atoms with van der Waals surface area (Å²) in [5.41, 5.74) is 7.11. The molecule has 1 saturated heterocycles. The number of nitrogens with two attached hydrogens (primary N) is 1. The maximum atomic E-state index is 6.07. The number of fused-ring (bicyclic) bond motifs is 1. The molecule has 0 amide bonds. The van der Waals surface area contributed by atoms with Crippen molar-refractivity contribution in [2.75, 3.05) is 24.9 Å². The first-order valence-electron chi connectivity index (χ1n) is 6.34. The molecule has 20 heavy (non-hydrogen) atoms. The van der Waals surface area contributed by atoms with Crippen molar-refractivity contribution in [3.8, 4) is 0 Å². The maximum absolute atomic E-state index is 6.07. The zero-order valence-corrected chi connectivity index (χ0v) is 12.2. The highest BCUT2D eigenvalue weighted by Gasteiger charge is 2.36. The van der Waals surface area contributed by atoms with Gasteiger partial charge in [-0.1, -0.05) is 0 Å². The van der Waals surface area contributed by atoms with Crippen molar-refractivity contribution in [1.29, 1.82) is 0 Å². The molecule has 8 heteroatoms. The summed E-state index contributed by atoms with van der Waals surface area (Å²) in [7, 11) is 1.72. The normalized spacial score (nSPS) is 26.4. The van der Waals surface area contributed by atoms with E-state index in [1.807, 2.05) is 4.57 Å². The number of hydrogen-bond acceptors (Lipinski definition) is 7. The van der Waals surface area contributed by atoms with Gasteiger partial charge in [0.25, 0.3) is 0 Å². The minimum Gasteiger partial charge on any atom is -0.382 e. The first-order valence-corrected chi connectivity index (χ1v) is 7.74. The average molecular weight is 295 g/mol. The SMILES string of the molecule is COC1C[C@H](n2cnc3c(N)ncnc32)OC1CSC. The largest absolute Gasteiger partial charge is 0.382 e. The van der Waals surface area contributed by atoms with E-state index in [1.165, 1.54) is 6.33 Å². The second-order valence-corrected chi connectivity index (χ2v) is 5.59. The molecule has 7 nitrogen and oxygen atoms in total. The van der Waals surface area contributed by atoms with E-state index >= 15 is 0 Å². The molecule has 0 aromatic carbocycles. The van der Waals surface area contributed by atoms with Crippen LogP contribution in [-0.2, 0) is 9.47 Å². The second kappa shape index (κ2) is 5.55. The molecule has 1 aliphatic rings. The molecule has 0 radical (unpaired) electrons. The Labute approximate surface area is 120 Å². The lowest BCUT2D eigenvalue weighted by molar-refractivity contribution is -0.0129. The van der Waals surface area contributed by atoms with E-state index in [0.29, 0.717) is 17.0 Å². The number of ether oxygens (including phenoxy) is 2. The zero-order valence-electron chi connectivity index (χ0n) is 11.4. The van der Waals surface area contributed by atoms with E-state index in [9.17, 15) is 0 Å². The van der Waals surface area contributed by atoms with Crippen LogP contribution >= 0.6 is 11.8 Å². The van der Waals surface area contributed by atoms with Gasteiger partial charge in [0.1, 0.15) is 18.1 Å². The molecule has 0 bridgehead atoms. The van der Waals surface area contributed by atoms with Gasteiger partial charge >= 0.3 is 0 Å². The number of rotatable bonds is 4. The van der Waals surface area contributed by atoms with Gasteiger partial charge in [-0.2, -0.15) is 11.8 Å². The smallest absolute Gasteiger partial charge is 0.167 e. The Morgan fingerprint density at radius 1 is 1.50 bits per heavy atom. The minimum absolute atomic E-state index is 0.0802. The highest BCUT2D eigenvalue weighted by atomic mass is 32.2. The number of imidazole rings is 1. The van der Waals surface area contributed by atoms with E-state index < -0.39 is 0 Å². The van der Waals surface area contributed by atoms with E-state index in [0.717, 1.165) is 12.2 Å². The summed E-state index contributed by atoms with van der Waals surface area (Å²) in [5, 5.41) is 0. The molecular weight excluding hydrogens is 278 g/mol. The number of thioether (sulfide) groups is 1. The molecule has 1 aliphatic heterocycles. The third kappa shape index (κ3) is 2.23. The Bertz CT molecular complexity index is 605. The number of methoxy groups -OCH3 is 1. The third-order valence-electron chi connectivity index (χ3n) is 3.51. The molecule has 0 aliphatic carbocycles.